The van der Waals surface area contributed by atoms with Crippen molar-refractivity contribution in [3.63, 3.8) is 0 Å². The first-order valence-electron chi connectivity index (χ1n) is 4.69. The van der Waals surface area contributed by atoms with Gasteiger partial charge in [0.25, 0.3) is 0 Å². The standard InChI is InChI=1S/C8H11N7O/c1-5-6(2)11-12-8(5)10-7(16)3-15-4-9-13-14-15/h4H,3H2,1-2H3,(H2,10,11,12,16). The second-order valence-corrected chi connectivity index (χ2v) is 3.38. The van der Waals surface area contributed by atoms with Gasteiger partial charge >= 0.3 is 0 Å². The molecule has 0 atom stereocenters. The Kier molecular flexibility index (Phi) is 2.63. The molecule has 0 aliphatic heterocycles. The molecule has 0 bridgehead atoms. The minimum atomic E-state index is -0.220. The number of carbonyl (C=O) groups is 1. The highest BCUT2D eigenvalue weighted by Gasteiger charge is 2.10. The zero-order valence-corrected chi connectivity index (χ0v) is 8.93. The number of hydrogen-bond acceptors (Lipinski definition) is 5. The van der Waals surface area contributed by atoms with Crippen molar-refractivity contribution in [2.45, 2.75) is 20.4 Å². The molecule has 16 heavy (non-hydrogen) atoms. The molecule has 0 spiro atoms. The van der Waals surface area contributed by atoms with Crippen LogP contribution in [0, 0.1) is 13.8 Å². The first kappa shape index (κ1) is 10.3. The average Bonchev–Trinajstić information content (AvgIpc) is 2.83. The van der Waals surface area contributed by atoms with E-state index in [1.807, 2.05) is 13.8 Å². The molecule has 2 rings (SSSR count). The summed E-state index contributed by atoms with van der Waals surface area (Å²) in [6, 6.07) is 0. The van der Waals surface area contributed by atoms with Crippen molar-refractivity contribution in [3.8, 4) is 0 Å². The molecule has 2 heterocycles. The van der Waals surface area contributed by atoms with Crippen molar-refractivity contribution in [1.29, 1.82) is 0 Å². The third-order valence-corrected chi connectivity index (χ3v) is 2.21. The minimum absolute atomic E-state index is 0.0678. The average molecular weight is 221 g/mol. The number of tetrazole rings is 1. The van der Waals surface area contributed by atoms with E-state index in [2.05, 4.69) is 31.0 Å². The molecule has 8 nitrogen and oxygen atoms in total. The lowest BCUT2D eigenvalue weighted by molar-refractivity contribution is -0.117. The number of nitrogens with zero attached hydrogens (tertiary/aromatic N) is 5. The van der Waals surface area contributed by atoms with Crippen LogP contribution in [0.4, 0.5) is 5.82 Å². The number of rotatable bonds is 3. The fourth-order valence-electron chi connectivity index (χ4n) is 1.18. The van der Waals surface area contributed by atoms with Crippen molar-refractivity contribution in [2.75, 3.05) is 5.32 Å². The topological polar surface area (TPSA) is 101 Å². The number of aromatic nitrogens is 6. The van der Waals surface area contributed by atoms with Gasteiger partial charge in [0.15, 0.2) is 5.82 Å². The molecule has 0 aliphatic rings. The Labute approximate surface area is 91.0 Å². The van der Waals surface area contributed by atoms with Gasteiger partial charge in [0.1, 0.15) is 12.9 Å². The van der Waals surface area contributed by atoms with E-state index in [-0.39, 0.29) is 12.5 Å². The molecule has 2 aromatic heterocycles. The first-order chi connectivity index (χ1) is 7.66. The van der Waals surface area contributed by atoms with E-state index in [9.17, 15) is 4.79 Å². The number of aryl methyl sites for hydroxylation is 1. The molecule has 2 N–H and O–H groups in total. The van der Waals surface area contributed by atoms with Gasteiger partial charge in [-0.15, -0.1) is 5.10 Å². The molecule has 0 saturated heterocycles. The molecule has 0 aromatic carbocycles. The van der Waals surface area contributed by atoms with Crippen LogP contribution in [0.5, 0.6) is 0 Å². The maximum atomic E-state index is 11.6. The molecule has 2 aromatic rings. The van der Waals surface area contributed by atoms with Crippen molar-refractivity contribution in [1.82, 2.24) is 30.4 Å². The summed E-state index contributed by atoms with van der Waals surface area (Å²) in [5, 5.41) is 19.9. The minimum Gasteiger partial charge on any atom is -0.307 e. The molecule has 0 aliphatic carbocycles. The van der Waals surface area contributed by atoms with Gasteiger partial charge in [0.2, 0.25) is 5.91 Å². The van der Waals surface area contributed by atoms with Crippen LogP contribution >= 0.6 is 0 Å². The predicted octanol–water partition coefficient (Wildman–Crippen LogP) is -0.348. The number of H-pyrrole nitrogens is 1. The lowest BCUT2D eigenvalue weighted by atomic mass is 10.3. The third kappa shape index (κ3) is 2.05. The van der Waals surface area contributed by atoms with Gasteiger partial charge < -0.3 is 5.32 Å². The van der Waals surface area contributed by atoms with Crippen LogP contribution in [-0.4, -0.2) is 36.3 Å². The quantitative estimate of drug-likeness (QED) is 0.737. The van der Waals surface area contributed by atoms with Crippen LogP contribution in [0.25, 0.3) is 0 Å². The van der Waals surface area contributed by atoms with Crippen LogP contribution < -0.4 is 5.32 Å². The third-order valence-electron chi connectivity index (χ3n) is 2.21. The van der Waals surface area contributed by atoms with E-state index in [1.54, 1.807) is 0 Å². The Bertz CT molecular complexity index is 486. The number of aromatic amines is 1. The zero-order chi connectivity index (χ0) is 11.5. The normalized spacial score (nSPS) is 10.4. The van der Waals surface area contributed by atoms with Crippen LogP contribution in [0.15, 0.2) is 6.33 Å². The highest BCUT2D eigenvalue weighted by Crippen LogP contribution is 2.13. The van der Waals surface area contributed by atoms with Crippen molar-refractivity contribution in [3.05, 3.63) is 17.6 Å². The van der Waals surface area contributed by atoms with Crippen molar-refractivity contribution in [2.24, 2.45) is 0 Å². The van der Waals surface area contributed by atoms with Gasteiger partial charge in [0.05, 0.1) is 0 Å². The Morgan fingerprint density at radius 2 is 2.38 bits per heavy atom. The molecule has 84 valence electrons. The molecule has 1 amide bonds. The van der Waals surface area contributed by atoms with Gasteiger partial charge in [-0.3, -0.25) is 9.89 Å². The maximum Gasteiger partial charge on any atom is 0.247 e. The highest BCUT2D eigenvalue weighted by molar-refractivity contribution is 5.90. The van der Waals surface area contributed by atoms with Gasteiger partial charge in [0, 0.05) is 11.3 Å². The Balaban J connectivity index is 2.00. The number of anilines is 1. The smallest absolute Gasteiger partial charge is 0.247 e. The largest absolute Gasteiger partial charge is 0.307 e. The predicted molar refractivity (Wildman–Crippen MR) is 54.5 cm³/mol. The Hall–Kier alpha value is -2.25. The molecular formula is C8H11N7O. The van der Waals surface area contributed by atoms with Crippen LogP contribution in [0.3, 0.4) is 0 Å². The van der Waals surface area contributed by atoms with Crippen LogP contribution in [-0.2, 0) is 11.3 Å². The monoisotopic (exact) mass is 221 g/mol. The van der Waals surface area contributed by atoms with Crippen LogP contribution in [0.2, 0.25) is 0 Å². The van der Waals surface area contributed by atoms with Gasteiger partial charge in [-0.2, -0.15) is 5.10 Å². The summed E-state index contributed by atoms with van der Waals surface area (Å²) in [5.41, 5.74) is 1.85. The molecule has 0 saturated carbocycles. The maximum absolute atomic E-state index is 11.6. The second-order valence-electron chi connectivity index (χ2n) is 3.38. The number of carbonyl (C=O) groups excluding carboxylic acids is 1. The summed E-state index contributed by atoms with van der Waals surface area (Å²) in [5.74, 6) is 0.317. The van der Waals surface area contributed by atoms with E-state index >= 15 is 0 Å². The van der Waals surface area contributed by atoms with Crippen molar-refractivity contribution < 1.29 is 4.79 Å². The molecular weight excluding hydrogens is 210 g/mol. The van der Waals surface area contributed by atoms with E-state index in [4.69, 9.17) is 0 Å². The number of nitrogens with one attached hydrogen (secondary N) is 2. The SMILES string of the molecule is Cc1[nH]nc(NC(=O)Cn2cnnn2)c1C. The Morgan fingerprint density at radius 1 is 1.56 bits per heavy atom. The summed E-state index contributed by atoms with van der Waals surface area (Å²) in [6.07, 6.45) is 1.38. The summed E-state index contributed by atoms with van der Waals surface area (Å²) >= 11 is 0. The lowest BCUT2D eigenvalue weighted by Gasteiger charge is -2.01. The summed E-state index contributed by atoms with van der Waals surface area (Å²) in [4.78, 5) is 11.6. The molecule has 0 radical (unpaired) electrons. The summed E-state index contributed by atoms with van der Waals surface area (Å²) < 4.78 is 1.34. The summed E-state index contributed by atoms with van der Waals surface area (Å²) in [6.45, 7) is 3.84. The number of amides is 1. The molecule has 8 heteroatoms. The zero-order valence-electron chi connectivity index (χ0n) is 8.93. The second kappa shape index (κ2) is 4.09. The van der Waals surface area contributed by atoms with Gasteiger partial charge in [-0.25, -0.2) is 4.68 Å². The fraction of sp³-hybridized carbons (Fsp3) is 0.375. The van der Waals surface area contributed by atoms with Gasteiger partial charge in [-0.05, 0) is 24.3 Å². The lowest BCUT2D eigenvalue weighted by Crippen LogP contribution is -2.19. The van der Waals surface area contributed by atoms with E-state index < -0.39 is 0 Å². The van der Waals surface area contributed by atoms with E-state index in [0.717, 1.165) is 11.3 Å². The first-order valence-corrected chi connectivity index (χ1v) is 4.69. The fourth-order valence-corrected chi connectivity index (χ4v) is 1.18. The summed E-state index contributed by atoms with van der Waals surface area (Å²) in [7, 11) is 0. The van der Waals surface area contributed by atoms with Crippen LogP contribution in [0.1, 0.15) is 11.3 Å². The molecule has 0 unspecified atom stereocenters. The number of hydrogen-bond donors (Lipinski definition) is 2. The van der Waals surface area contributed by atoms with Gasteiger partial charge in [-0.1, -0.05) is 0 Å². The van der Waals surface area contributed by atoms with Crippen molar-refractivity contribution >= 4 is 11.7 Å². The van der Waals surface area contributed by atoms with E-state index in [0.29, 0.717) is 5.82 Å². The van der Waals surface area contributed by atoms with E-state index in [1.165, 1.54) is 11.0 Å². The molecule has 0 fully saturated rings. The Morgan fingerprint density at radius 3 is 2.94 bits per heavy atom. The highest BCUT2D eigenvalue weighted by atomic mass is 16.2.